The molecule has 146 valence electrons. The molecule has 1 heterocycles. The summed E-state index contributed by atoms with van der Waals surface area (Å²) in [7, 11) is 0. The molecular weight excluding hydrogens is 320 g/mol. The molecule has 0 amide bonds. The zero-order valence-corrected chi connectivity index (χ0v) is 17.5. The number of nitrogens with two attached hydrogens (primary N) is 2. The van der Waals surface area contributed by atoms with E-state index in [0.29, 0.717) is 0 Å². The predicted molar refractivity (Wildman–Crippen MR) is 120 cm³/mol. The van der Waals surface area contributed by atoms with Crippen LogP contribution < -0.4 is 21.3 Å². The summed E-state index contributed by atoms with van der Waals surface area (Å²) >= 11 is 0. The smallest absolute Gasteiger partial charge is 0.0368 e. The van der Waals surface area contributed by atoms with Crippen molar-refractivity contribution in [1.29, 1.82) is 0 Å². The molecule has 0 bridgehead atoms. The third-order valence-corrected chi connectivity index (χ3v) is 3.80. The third-order valence-electron chi connectivity index (χ3n) is 3.80. The van der Waals surface area contributed by atoms with Crippen molar-refractivity contribution in [2.45, 2.75) is 41.5 Å². The number of nitrogen functional groups attached to an aromatic ring is 2. The molecule has 1 aliphatic heterocycles. The number of nitrogens with zero attached hydrogens (tertiary/aromatic N) is 2. The molecule has 2 aromatic carbocycles. The summed E-state index contributed by atoms with van der Waals surface area (Å²) in [5.74, 6) is 0. The van der Waals surface area contributed by atoms with Gasteiger partial charge in [0.15, 0.2) is 0 Å². The Hall–Kier alpha value is -2.36. The molecule has 0 atom stereocenters. The first-order valence-corrected chi connectivity index (χ1v) is 9.93. The second-order valence-corrected chi connectivity index (χ2v) is 5.16. The summed E-state index contributed by atoms with van der Waals surface area (Å²) in [6, 6.07) is 16.2. The lowest BCUT2D eigenvalue weighted by Crippen LogP contribution is -2.46. The van der Waals surface area contributed by atoms with Crippen LogP contribution in [0.1, 0.15) is 41.5 Å². The molecule has 4 heteroatoms. The quantitative estimate of drug-likeness (QED) is 0.719. The average molecular weight is 359 g/mol. The van der Waals surface area contributed by atoms with E-state index < -0.39 is 0 Å². The minimum Gasteiger partial charge on any atom is -0.399 e. The maximum Gasteiger partial charge on any atom is 0.0368 e. The summed E-state index contributed by atoms with van der Waals surface area (Å²) < 4.78 is 0. The Morgan fingerprint density at radius 3 is 0.962 bits per heavy atom. The Balaban J connectivity index is 0.000000948. The van der Waals surface area contributed by atoms with E-state index in [4.69, 9.17) is 11.5 Å². The van der Waals surface area contributed by atoms with Crippen molar-refractivity contribution >= 4 is 22.7 Å². The second-order valence-electron chi connectivity index (χ2n) is 5.16. The van der Waals surface area contributed by atoms with E-state index in [9.17, 15) is 0 Å². The third kappa shape index (κ3) is 7.26. The van der Waals surface area contributed by atoms with E-state index in [1.807, 2.05) is 65.8 Å². The summed E-state index contributed by atoms with van der Waals surface area (Å²) in [5.41, 5.74) is 15.6. The van der Waals surface area contributed by atoms with Crippen molar-refractivity contribution in [1.82, 2.24) is 0 Å². The van der Waals surface area contributed by atoms with Gasteiger partial charge in [0.1, 0.15) is 0 Å². The van der Waals surface area contributed by atoms with Gasteiger partial charge in [-0.1, -0.05) is 41.5 Å². The van der Waals surface area contributed by atoms with Gasteiger partial charge >= 0.3 is 0 Å². The van der Waals surface area contributed by atoms with Crippen LogP contribution in [-0.2, 0) is 0 Å². The number of piperazine rings is 1. The monoisotopic (exact) mass is 358 g/mol. The van der Waals surface area contributed by atoms with Gasteiger partial charge in [0.05, 0.1) is 0 Å². The highest BCUT2D eigenvalue weighted by molar-refractivity contribution is 5.56. The number of rotatable bonds is 2. The summed E-state index contributed by atoms with van der Waals surface area (Å²) in [5, 5.41) is 0. The molecule has 4 nitrogen and oxygen atoms in total. The van der Waals surface area contributed by atoms with Gasteiger partial charge in [-0.2, -0.15) is 0 Å². The van der Waals surface area contributed by atoms with Crippen LogP contribution in [0.15, 0.2) is 48.5 Å². The van der Waals surface area contributed by atoms with E-state index in [1.54, 1.807) is 0 Å². The number of anilines is 4. The van der Waals surface area contributed by atoms with Crippen LogP contribution in [0, 0.1) is 0 Å². The Bertz CT molecular complexity index is 502. The number of benzene rings is 2. The lowest BCUT2D eigenvalue weighted by atomic mass is 10.2. The fourth-order valence-electron chi connectivity index (χ4n) is 2.59. The largest absolute Gasteiger partial charge is 0.399 e. The van der Waals surface area contributed by atoms with Gasteiger partial charge < -0.3 is 21.3 Å². The van der Waals surface area contributed by atoms with Crippen molar-refractivity contribution in [2.75, 3.05) is 47.4 Å². The Morgan fingerprint density at radius 1 is 0.500 bits per heavy atom. The lowest BCUT2D eigenvalue weighted by molar-refractivity contribution is 0.653. The Labute approximate surface area is 160 Å². The van der Waals surface area contributed by atoms with Gasteiger partial charge in [-0.05, 0) is 48.5 Å². The second kappa shape index (κ2) is 13.9. The zero-order valence-electron chi connectivity index (χ0n) is 17.5. The van der Waals surface area contributed by atoms with Gasteiger partial charge in [-0.25, -0.2) is 0 Å². The summed E-state index contributed by atoms with van der Waals surface area (Å²) in [6.07, 6.45) is 0. The van der Waals surface area contributed by atoms with Crippen molar-refractivity contribution in [3.63, 3.8) is 0 Å². The van der Waals surface area contributed by atoms with E-state index in [0.717, 1.165) is 37.6 Å². The first-order valence-electron chi connectivity index (χ1n) is 9.93. The molecule has 0 saturated carbocycles. The molecule has 2 aromatic rings. The summed E-state index contributed by atoms with van der Waals surface area (Å²) in [4.78, 5) is 4.79. The van der Waals surface area contributed by atoms with Gasteiger partial charge in [0.2, 0.25) is 0 Å². The van der Waals surface area contributed by atoms with Crippen LogP contribution in [0.2, 0.25) is 0 Å². The van der Waals surface area contributed by atoms with Gasteiger partial charge in [0, 0.05) is 48.9 Å². The van der Waals surface area contributed by atoms with Crippen LogP contribution in [-0.4, -0.2) is 26.2 Å². The molecular formula is C22H38N4. The van der Waals surface area contributed by atoms with Crippen LogP contribution in [0.4, 0.5) is 22.7 Å². The topological polar surface area (TPSA) is 58.5 Å². The zero-order chi connectivity index (χ0) is 19.9. The molecule has 0 aromatic heterocycles. The minimum absolute atomic E-state index is 0.814. The van der Waals surface area contributed by atoms with Crippen LogP contribution in [0.3, 0.4) is 0 Å². The normalized spacial score (nSPS) is 12.5. The lowest BCUT2D eigenvalue weighted by Gasteiger charge is -2.37. The maximum absolute atomic E-state index is 5.73. The average Bonchev–Trinajstić information content (AvgIpc) is 2.74. The van der Waals surface area contributed by atoms with Crippen molar-refractivity contribution < 1.29 is 0 Å². The highest BCUT2D eigenvalue weighted by Gasteiger charge is 2.17. The first kappa shape index (κ1) is 23.6. The Morgan fingerprint density at radius 2 is 0.731 bits per heavy atom. The van der Waals surface area contributed by atoms with Crippen LogP contribution in [0.25, 0.3) is 0 Å². The molecule has 1 saturated heterocycles. The molecule has 3 rings (SSSR count). The van der Waals surface area contributed by atoms with E-state index in [2.05, 4.69) is 34.1 Å². The van der Waals surface area contributed by atoms with Gasteiger partial charge in [0.25, 0.3) is 0 Å². The number of hydrogen-bond acceptors (Lipinski definition) is 4. The highest BCUT2D eigenvalue weighted by atomic mass is 15.3. The van der Waals surface area contributed by atoms with Crippen LogP contribution >= 0.6 is 0 Å². The minimum atomic E-state index is 0.814. The Kier molecular flexibility index (Phi) is 12.6. The fraction of sp³-hybridized carbons (Fsp3) is 0.455. The fourth-order valence-corrected chi connectivity index (χ4v) is 2.59. The molecule has 0 aliphatic carbocycles. The van der Waals surface area contributed by atoms with Gasteiger partial charge in [-0.15, -0.1) is 0 Å². The SMILES string of the molecule is CC.CC.CC.Nc1ccc(N2CCN(c3ccc(N)cc3)CC2)cc1. The molecule has 4 N–H and O–H groups in total. The van der Waals surface area contributed by atoms with Crippen molar-refractivity contribution in [3.05, 3.63) is 48.5 Å². The summed E-state index contributed by atoms with van der Waals surface area (Å²) in [6.45, 7) is 16.1. The van der Waals surface area contributed by atoms with E-state index in [-0.39, 0.29) is 0 Å². The maximum atomic E-state index is 5.73. The number of hydrogen-bond donors (Lipinski definition) is 2. The first-order chi connectivity index (χ1) is 12.7. The van der Waals surface area contributed by atoms with Gasteiger partial charge in [-0.3, -0.25) is 0 Å². The molecule has 1 fully saturated rings. The predicted octanol–water partition coefficient (Wildman–Crippen LogP) is 5.26. The van der Waals surface area contributed by atoms with E-state index >= 15 is 0 Å². The molecule has 0 spiro atoms. The van der Waals surface area contributed by atoms with E-state index in [1.165, 1.54) is 11.4 Å². The molecule has 0 unspecified atom stereocenters. The molecule has 0 radical (unpaired) electrons. The molecule has 26 heavy (non-hydrogen) atoms. The van der Waals surface area contributed by atoms with Crippen LogP contribution in [0.5, 0.6) is 0 Å². The van der Waals surface area contributed by atoms with Crippen molar-refractivity contribution in [3.8, 4) is 0 Å². The highest BCUT2D eigenvalue weighted by Crippen LogP contribution is 2.22. The standard InChI is InChI=1S/C16H20N4.3C2H6/c17-13-1-5-15(6-2-13)19-9-11-20(12-10-19)16-7-3-14(18)4-8-16;3*1-2/h1-8H,9-12,17-18H2;3*1-2H3. The molecule has 1 aliphatic rings. The van der Waals surface area contributed by atoms with Crippen molar-refractivity contribution in [2.24, 2.45) is 0 Å².